The number of carbonyl (C=O) groups excluding carboxylic acids is 2. The number of anilines is 1. The predicted molar refractivity (Wildman–Crippen MR) is 139 cm³/mol. The number of nitrogens with zero attached hydrogens (tertiary/aromatic N) is 3. The van der Waals surface area contributed by atoms with Crippen LogP contribution in [0.1, 0.15) is 72.2 Å². The number of aromatic nitrogens is 2. The Labute approximate surface area is 209 Å². The quantitative estimate of drug-likeness (QED) is 0.537. The van der Waals surface area contributed by atoms with Gasteiger partial charge in [-0.3, -0.25) is 19.0 Å². The Bertz CT molecular complexity index is 1290. The molecule has 0 spiro atoms. The number of amides is 2. The maximum absolute atomic E-state index is 13.1. The summed E-state index contributed by atoms with van der Waals surface area (Å²) < 4.78 is 1.55. The molecular formula is C27H32N4O3S. The number of hydrogen-bond acceptors (Lipinski definition) is 5. The average molecular weight is 493 g/mol. The molecule has 0 unspecified atom stereocenters. The van der Waals surface area contributed by atoms with Gasteiger partial charge in [0.15, 0.2) is 0 Å². The van der Waals surface area contributed by atoms with Crippen molar-refractivity contribution in [1.29, 1.82) is 0 Å². The van der Waals surface area contributed by atoms with Gasteiger partial charge in [0.2, 0.25) is 5.91 Å². The standard InChI is InChI=1S/C27H32N4O3S/c1-30(20-7-3-2-4-8-20)26(33)18-11-13-19(14-12-18)29-23(32)15-16-31-17-28-25-24(27(31)34)21-9-5-6-10-22(21)35-25/h11-14,17,20H,2-10,15-16H2,1H3,(H,29,32). The van der Waals surface area contributed by atoms with Crippen LogP contribution in [0.3, 0.4) is 0 Å². The van der Waals surface area contributed by atoms with Gasteiger partial charge in [-0.15, -0.1) is 11.3 Å². The Morgan fingerprint density at radius 1 is 1.09 bits per heavy atom. The highest BCUT2D eigenvalue weighted by Gasteiger charge is 2.23. The highest BCUT2D eigenvalue weighted by Crippen LogP contribution is 2.33. The molecule has 7 nitrogen and oxygen atoms in total. The van der Waals surface area contributed by atoms with E-state index in [2.05, 4.69) is 10.3 Å². The molecule has 0 radical (unpaired) electrons. The number of thiophene rings is 1. The maximum Gasteiger partial charge on any atom is 0.262 e. The van der Waals surface area contributed by atoms with Crippen LogP contribution < -0.4 is 10.9 Å². The van der Waals surface area contributed by atoms with Gasteiger partial charge in [-0.2, -0.15) is 0 Å². The van der Waals surface area contributed by atoms with E-state index in [9.17, 15) is 14.4 Å². The summed E-state index contributed by atoms with van der Waals surface area (Å²) in [5.41, 5.74) is 2.38. The van der Waals surface area contributed by atoms with Crippen molar-refractivity contribution in [3.8, 4) is 0 Å². The zero-order valence-electron chi connectivity index (χ0n) is 20.2. The Morgan fingerprint density at radius 2 is 1.83 bits per heavy atom. The van der Waals surface area contributed by atoms with Crippen molar-refractivity contribution in [2.24, 2.45) is 0 Å². The lowest BCUT2D eigenvalue weighted by Gasteiger charge is -2.31. The molecule has 1 N–H and O–H groups in total. The maximum atomic E-state index is 13.1. The van der Waals surface area contributed by atoms with Crippen molar-refractivity contribution >= 4 is 39.1 Å². The Kier molecular flexibility index (Phi) is 7.00. The third kappa shape index (κ3) is 5.03. The van der Waals surface area contributed by atoms with E-state index < -0.39 is 0 Å². The van der Waals surface area contributed by atoms with Crippen molar-refractivity contribution in [2.45, 2.75) is 76.8 Å². The van der Waals surface area contributed by atoms with Crippen LogP contribution in [0.5, 0.6) is 0 Å². The van der Waals surface area contributed by atoms with Crippen LogP contribution >= 0.6 is 11.3 Å². The van der Waals surface area contributed by atoms with E-state index in [0.717, 1.165) is 47.9 Å². The summed E-state index contributed by atoms with van der Waals surface area (Å²) in [6.45, 7) is 0.279. The van der Waals surface area contributed by atoms with Crippen LogP contribution in [0.2, 0.25) is 0 Å². The first-order chi connectivity index (χ1) is 17.0. The number of benzene rings is 1. The fraction of sp³-hybridized carbons (Fsp3) is 0.481. The first-order valence-corrected chi connectivity index (χ1v) is 13.5. The van der Waals surface area contributed by atoms with E-state index in [0.29, 0.717) is 17.3 Å². The number of hydrogen-bond donors (Lipinski definition) is 1. The van der Waals surface area contributed by atoms with Gasteiger partial charge < -0.3 is 10.2 Å². The average Bonchev–Trinajstić information content (AvgIpc) is 3.28. The molecule has 1 saturated carbocycles. The molecular weight excluding hydrogens is 460 g/mol. The second-order valence-electron chi connectivity index (χ2n) is 9.72. The molecule has 0 saturated heterocycles. The van der Waals surface area contributed by atoms with Gasteiger partial charge in [-0.1, -0.05) is 19.3 Å². The fourth-order valence-corrected chi connectivity index (χ4v) is 6.54. The Balaban J connectivity index is 1.19. The van der Waals surface area contributed by atoms with E-state index in [1.807, 2.05) is 11.9 Å². The molecule has 3 aromatic rings. The lowest BCUT2D eigenvalue weighted by molar-refractivity contribution is -0.116. The first-order valence-electron chi connectivity index (χ1n) is 12.7. The van der Waals surface area contributed by atoms with E-state index in [4.69, 9.17) is 0 Å². The minimum absolute atomic E-state index is 0.0210. The number of aryl methyl sites for hydroxylation is 3. The van der Waals surface area contributed by atoms with Gasteiger partial charge >= 0.3 is 0 Å². The molecule has 2 amide bonds. The number of nitrogens with one attached hydrogen (secondary N) is 1. The molecule has 2 aliphatic rings. The number of fused-ring (bicyclic) bond motifs is 3. The SMILES string of the molecule is CN(C(=O)c1ccc(NC(=O)CCn2cnc3sc4c(c3c2=O)CCCC4)cc1)C1CCCCC1. The second-order valence-corrected chi connectivity index (χ2v) is 10.8. The van der Waals surface area contributed by atoms with E-state index >= 15 is 0 Å². The topological polar surface area (TPSA) is 84.3 Å². The molecule has 0 atom stereocenters. The minimum atomic E-state index is -0.178. The molecule has 1 fully saturated rings. The van der Waals surface area contributed by atoms with Crippen molar-refractivity contribution in [2.75, 3.05) is 12.4 Å². The minimum Gasteiger partial charge on any atom is -0.339 e. The van der Waals surface area contributed by atoms with Crippen molar-refractivity contribution in [3.05, 3.63) is 57.0 Å². The molecule has 2 heterocycles. The van der Waals surface area contributed by atoms with Crippen molar-refractivity contribution < 1.29 is 9.59 Å². The number of rotatable bonds is 6. The summed E-state index contributed by atoms with van der Waals surface area (Å²) in [6, 6.07) is 7.36. The third-order valence-electron chi connectivity index (χ3n) is 7.38. The fourth-order valence-electron chi connectivity index (χ4n) is 5.32. The highest BCUT2D eigenvalue weighted by atomic mass is 32.1. The lowest BCUT2D eigenvalue weighted by Crippen LogP contribution is -2.38. The lowest BCUT2D eigenvalue weighted by atomic mass is 9.94. The molecule has 184 valence electrons. The van der Waals surface area contributed by atoms with Gasteiger partial charge in [0.05, 0.1) is 11.7 Å². The molecule has 2 aromatic heterocycles. The summed E-state index contributed by atoms with van der Waals surface area (Å²) in [4.78, 5) is 46.9. The summed E-state index contributed by atoms with van der Waals surface area (Å²) in [6.07, 6.45) is 11.7. The van der Waals surface area contributed by atoms with Crippen molar-refractivity contribution in [3.63, 3.8) is 0 Å². The normalized spacial score (nSPS) is 16.1. The Morgan fingerprint density at radius 3 is 2.60 bits per heavy atom. The zero-order valence-corrected chi connectivity index (χ0v) is 21.0. The van der Waals surface area contributed by atoms with E-state index in [-0.39, 0.29) is 30.3 Å². The monoisotopic (exact) mass is 492 g/mol. The largest absolute Gasteiger partial charge is 0.339 e. The molecule has 0 aliphatic heterocycles. The zero-order chi connectivity index (χ0) is 24.4. The van der Waals surface area contributed by atoms with Crippen LogP contribution in [-0.4, -0.2) is 39.4 Å². The van der Waals surface area contributed by atoms with E-state index in [1.54, 1.807) is 46.5 Å². The molecule has 1 aromatic carbocycles. The van der Waals surface area contributed by atoms with Crippen LogP contribution in [0.15, 0.2) is 35.4 Å². The van der Waals surface area contributed by atoms with Gasteiger partial charge in [0.25, 0.3) is 11.5 Å². The number of carbonyl (C=O) groups is 2. The molecule has 8 heteroatoms. The van der Waals surface area contributed by atoms with Crippen LogP contribution in [0.25, 0.3) is 10.2 Å². The van der Waals surface area contributed by atoms with Crippen molar-refractivity contribution in [1.82, 2.24) is 14.5 Å². The van der Waals surface area contributed by atoms with Crippen LogP contribution in [0, 0.1) is 0 Å². The molecule has 2 aliphatic carbocycles. The first kappa shape index (κ1) is 23.7. The summed E-state index contributed by atoms with van der Waals surface area (Å²) in [5, 5.41) is 3.62. The summed E-state index contributed by atoms with van der Waals surface area (Å²) >= 11 is 1.63. The predicted octanol–water partition coefficient (Wildman–Crippen LogP) is 4.77. The molecule has 0 bridgehead atoms. The van der Waals surface area contributed by atoms with Crippen LogP contribution in [-0.2, 0) is 24.2 Å². The third-order valence-corrected chi connectivity index (χ3v) is 8.58. The van der Waals surface area contributed by atoms with Gasteiger partial charge in [-0.25, -0.2) is 4.98 Å². The summed E-state index contributed by atoms with van der Waals surface area (Å²) in [7, 11) is 1.88. The molecule has 35 heavy (non-hydrogen) atoms. The highest BCUT2D eigenvalue weighted by molar-refractivity contribution is 7.18. The van der Waals surface area contributed by atoms with Gasteiger partial charge in [-0.05, 0) is 68.4 Å². The van der Waals surface area contributed by atoms with Gasteiger partial charge in [0, 0.05) is 42.2 Å². The Hall–Kier alpha value is -3.00. The summed E-state index contributed by atoms with van der Waals surface area (Å²) in [5.74, 6) is -0.157. The van der Waals surface area contributed by atoms with E-state index in [1.165, 1.54) is 30.6 Å². The van der Waals surface area contributed by atoms with Crippen LogP contribution in [0.4, 0.5) is 5.69 Å². The molecule has 5 rings (SSSR count). The second kappa shape index (κ2) is 10.3. The smallest absolute Gasteiger partial charge is 0.262 e. The van der Waals surface area contributed by atoms with Gasteiger partial charge in [0.1, 0.15) is 4.83 Å².